The molecule has 1 amide bonds. The highest BCUT2D eigenvalue weighted by Crippen LogP contribution is 2.30. The van der Waals surface area contributed by atoms with Gasteiger partial charge in [0.25, 0.3) is 0 Å². The van der Waals surface area contributed by atoms with Crippen LogP contribution in [-0.4, -0.2) is 30.4 Å². The zero-order chi connectivity index (χ0) is 13.1. The molecular weight excluding hydrogens is 212 g/mol. The molecule has 0 spiro atoms. The van der Waals surface area contributed by atoms with Gasteiger partial charge >= 0.3 is 0 Å². The van der Waals surface area contributed by atoms with Crippen LogP contribution in [0.15, 0.2) is 11.6 Å². The van der Waals surface area contributed by atoms with Crippen molar-refractivity contribution in [2.75, 3.05) is 19.6 Å². The Morgan fingerprint density at radius 1 is 1.53 bits per heavy atom. The summed E-state index contributed by atoms with van der Waals surface area (Å²) >= 11 is 0. The summed E-state index contributed by atoms with van der Waals surface area (Å²) in [6, 6.07) is 0. The van der Waals surface area contributed by atoms with Gasteiger partial charge in [-0.25, -0.2) is 0 Å². The van der Waals surface area contributed by atoms with E-state index in [0.29, 0.717) is 6.54 Å². The SMILES string of the molecule is CC(CCN)C(=O)N1CC=C(C(C)(C)C)CC1. The van der Waals surface area contributed by atoms with Gasteiger partial charge in [0.15, 0.2) is 0 Å². The van der Waals surface area contributed by atoms with Gasteiger partial charge in [0, 0.05) is 19.0 Å². The van der Waals surface area contributed by atoms with Gasteiger partial charge < -0.3 is 10.6 Å². The van der Waals surface area contributed by atoms with Crippen LogP contribution in [0.1, 0.15) is 40.5 Å². The zero-order valence-corrected chi connectivity index (χ0v) is 11.6. The average Bonchev–Trinajstić information content (AvgIpc) is 2.27. The first-order valence-electron chi connectivity index (χ1n) is 6.54. The van der Waals surface area contributed by atoms with E-state index in [2.05, 4.69) is 26.8 Å². The minimum absolute atomic E-state index is 0.0598. The summed E-state index contributed by atoms with van der Waals surface area (Å²) in [6.07, 6.45) is 4.01. The smallest absolute Gasteiger partial charge is 0.225 e. The van der Waals surface area contributed by atoms with E-state index >= 15 is 0 Å². The second-order valence-corrected chi connectivity index (χ2v) is 5.99. The molecule has 1 rings (SSSR count). The fourth-order valence-corrected chi connectivity index (χ4v) is 2.24. The van der Waals surface area contributed by atoms with E-state index < -0.39 is 0 Å². The fraction of sp³-hybridized carbons (Fsp3) is 0.786. The highest BCUT2D eigenvalue weighted by molar-refractivity contribution is 5.78. The predicted molar refractivity (Wildman–Crippen MR) is 71.6 cm³/mol. The summed E-state index contributed by atoms with van der Waals surface area (Å²) in [4.78, 5) is 14.0. The number of amides is 1. The molecule has 98 valence electrons. The molecule has 1 heterocycles. The normalized spacial score (nSPS) is 18.9. The third-order valence-electron chi connectivity index (χ3n) is 3.51. The Kier molecular flexibility index (Phi) is 4.75. The minimum Gasteiger partial charge on any atom is -0.338 e. The van der Waals surface area contributed by atoms with Gasteiger partial charge in [-0.3, -0.25) is 4.79 Å². The predicted octanol–water partition coefficient (Wildman–Crippen LogP) is 2.18. The van der Waals surface area contributed by atoms with Gasteiger partial charge in [0.05, 0.1) is 0 Å². The van der Waals surface area contributed by atoms with Crippen LogP contribution in [0, 0.1) is 11.3 Å². The largest absolute Gasteiger partial charge is 0.338 e. The molecule has 17 heavy (non-hydrogen) atoms. The summed E-state index contributed by atoms with van der Waals surface area (Å²) in [5.41, 5.74) is 7.19. The quantitative estimate of drug-likeness (QED) is 0.766. The van der Waals surface area contributed by atoms with Crippen molar-refractivity contribution >= 4 is 5.91 Å². The molecule has 0 fully saturated rings. The Labute approximate surface area is 105 Å². The molecular formula is C14H26N2O. The van der Waals surface area contributed by atoms with E-state index in [9.17, 15) is 4.79 Å². The Hall–Kier alpha value is -0.830. The molecule has 3 nitrogen and oxygen atoms in total. The van der Waals surface area contributed by atoms with Gasteiger partial charge in [-0.1, -0.05) is 39.3 Å². The summed E-state index contributed by atoms with van der Waals surface area (Å²) < 4.78 is 0. The molecule has 1 aliphatic heterocycles. The van der Waals surface area contributed by atoms with Crippen molar-refractivity contribution in [3.8, 4) is 0 Å². The molecule has 0 radical (unpaired) electrons. The number of carbonyl (C=O) groups is 1. The summed E-state index contributed by atoms with van der Waals surface area (Å²) in [5.74, 6) is 0.309. The third-order valence-corrected chi connectivity index (χ3v) is 3.51. The molecule has 0 saturated carbocycles. The lowest BCUT2D eigenvalue weighted by atomic mass is 9.83. The van der Waals surface area contributed by atoms with E-state index in [1.807, 2.05) is 11.8 Å². The Bertz CT molecular complexity index is 302. The van der Waals surface area contributed by atoms with Crippen LogP contribution in [0.25, 0.3) is 0 Å². The maximum absolute atomic E-state index is 12.1. The number of carbonyl (C=O) groups excluding carboxylic acids is 1. The van der Waals surface area contributed by atoms with Gasteiger partial charge in [-0.2, -0.15) is 0 Å². The first-order chi connectivity index (χ1) is 7.86. The maximum atomic E-state index is 12.1. The minimum atomic E-state index is 0.0598. The summed E-state index contributed by atoms with van der Waals surface area (Å²) in [7, 11) is 0. The highest BCUT2D eigenvalue weighted by atomic mass is 16.2. The molecule has 1 atom stereocenters. The van der Waals surface area contributed by atoms with Crippen LogP contribution in [0.5, 0.6) is 0 Å². The molecule has 0 aromatic rings. The molecule has 3 heteroatoms. The standard InChI is InChI=1S/C14H26N2O/c1-11(5-8-15)13(17)16-9-6-12(7-10-16)14(2,3)4/h6,11H,5,7-10,15H2,1-4H3. The third kappa shape index (κ3) is 3.84. The highest BCUT2D eigenvalue weighted by Gasteiger charge is 2.25. The van der Waals surface area contributed by atoms with Crippen molar-refractivity contribution in [1.29, 1.82) is 0 Å². The van der Waals surface area contributed by atoms with E-state index in [4.69, 9.17) is 5.73 Å². The molecule has 1 unspecified atom stereocenters. The van der Waals surface area contributed by atoms with E-state index in [0.717, 1.165) is 25.9 Å². The monoisotopic (exact) mass is 238 g/mol. The number of hydrogen-bond acceptors (Lipinski definition) is 2. The molecule has 0 saturated heterocycles. The van der Waals surface area contributed by atoms with Crippen LogP contribution < -0.4 is 5.73 Å². The van der Waals surface area contributed by atoms with Crippen molar-refractivity contribution in [1.82, 2.24) is 4.90 Å². The van der Waals surface area contributed by atoms with E-state index in [1.165, 1.54) is 5.57 Å². The molecule has 1 aliphatic rings. The van der Waals surface area contributed by atoms with Crippen LogP contribution in [0.4, 0.5) is 0 Å². The van der Waals surface area contributed by atoms with Crippen LogP contribution >= 0.6 is 0 Å². The van der Waals surface area contributed by atoms with Crippen molar-refractivity contribution in [2.45, 2.75) is 40.5 Å². The fourth-order valence-electron chi connectivity index (χ4n) is 2.24. The lowest BCUT2D eigenvalue weighted by Gasteiger charge is -2.33. The Morgan fingerprint density at radius 3 is 2.59 bits per heavy atom. The lowest BCUT2D eigenvalue weighted by Crippen LogP contribution is -2.39. The number of nitrogens with two attached hydrogens (primary N) is 1. The van der Waals surface area contributed by atoms with Gasteiger partial charge in [0.1, 0.15) is 0 Å². The molecule has 0 aliphatic carbocycles. The maximum Gasteiger partial charge on any atom is 0.225 e. The summed E-state index contributed by atoms with van der Waals surface area (Å²) in [6.45, 7) is 10.9. The first kappa shape index (κ1) is 14.2. The van der Waals surface area contributed by atoms with Gasteiger partial charge in [-0.15, -0.1) is 0 Å². The van der Waals surface area contributed by atoms with Crippen LogP contribution in [0.2, 0.25) is 0 Å². The zero-order valence-electron chi connectivity index (χ0n) is 11.6. The topological polar surface area (TPSA) is 46.3 Å². The second-order valence-electron chi connectivity index (χ2n) is 5.99. The molecule has 0 bridgehead atoms. The van der Waals surface area contributed by atoms with Gasteiger partial charge in [-0.05, 0) is 24.8 Å². The average molecular weight is 238 g/mol. The number of rotatable bonds is 3. The molecule has 0 aromatic carbocycles. The molecule has 2 N–H and O–H groups in total. The number of nitrogens with zero attached hydrogens (tertiary/aromatic N) is 1. The lowest BCUT2D eigenvalue weighted by molar-refractivity contribution is -0.134. The first-order valence-corrected chi connectivity index (χ1v) is 6.54. The van der Waals surface area contributed by atoms with Crippen molar-refractivity contribution in [2.24, 2.45) is 17.1 Å². The second kappa shape index (κ2) is 5.67. The van der Waals surface area contributed by atoms with Crippen molar-refractivity contribution in [3.63, 3.8) is 0 Å². The van der Waals surface area contributed by atoms with Crippen LogP contribution in [-0.2, 0) is 4.79 Å². The number of hydrogen-bond donors (Lipinski definition) is 1. The van der Waals surface area contributed by atoms with Gasteiger partial charge in [0.2, 0.25) is 5.91 Å². The summed E-state index contributed by atoms with van der Waals surface area (Å²) in [5, 5.41) is 0. The van der Waals surface area contributed by atoms with E-state index in [-0.39, 0.29) is 17.2 Å². The Morgan fingerprint density at radius 2 is 2.18 bits per heavy atom. The Balaban J connectivity index is 2.57. The van der Waals surface area contributed by atoms with E-state index in [1.54, 1.807) is 0 Å². The van der Waals surface area contributed by atoms with Crippen LogP contribution in [0.3, 0.4) is 0 Å². The van der Waals surface area contributed by atoms with Crippen molar-refractivity contribution in [3.05, 3.63) is 11.6 Å². The molecule has 0 aromatic heterocycles. The van der Waals surface area contributed by atoms with Crippen molar-refractivity contribution < 1.29 is 4.79 Å².